The molecule has 0 saturated heterocycles. The van der Waals surface area contributed by atoms with Gasteiger partial charge in [0, 0.05) is 6.04 Å². The monoisotopic (exact) mass is 288 g/mol. The highest BCUT2D eigenvalue weighted by Crippen LogP contribution is 2.27. The van der Waals surface area contributed by atoms with E-state index in [1.54, 1.807) is 13.8 Å². The highest BCUT2D eigenvalue weighted by atomic mass is 32.2. The van der Waals surface area contributed by atoms with Gasteiger partial charge in [0.2, 0.25) is 10.0 Å². The molecule has 3 N–H and O–H groups in total. The Kier molecular flexibility index (Phi) is 4.92. The van der Waals surface area contributed by atoms with Crippen molar-refractivity contribution >= 4 is 15.7 Å². The summed E-state index contributed by atoms with van der Waals surface area (Å²) >= 11 is 0. The van der Waals surface area contributed by atoms with Crippen LogP contribution in [0.3, 0.4) is 0 Å². The van der Waals surface area contributed by atoms with Gasteiger partial charge in [-0.3, -0.25) is 0 Å². The van der Waals surface area contributed by atoms with Crippen LogP contribution in [-0.4, -0.2) is 14.5 Å². The Morgan fingerprint density at radius 3 is 2.53 bits per heavy atom. The van der Waals surface area contributed by atoms with E-state index in [9.17, 15) is 12.8 Å². The first-order valence-corrected chi connectivity index (χ1v) is 7.76. The summed E-state index contributed by atoms with van der Waals surface area (Å²) in [6.07, 6.45) is 1.63. The Balaban J connectivity index is 3.26. The second-order valence-electron chi connectivity index (χ2n) is 4.85. The summed E-state index contributed by atoms with van der Waals surface area (Å²) in [6, 6.07) is 0.988. The number of benzene rings is 1. The van der Waals surface area contributed by atoms with Crippen molar-refractivity contribution in [3.63, 3.8) is 0 Å². The number of anilines is 1. The lowest BCUT2D eigenvalue weighted by Crippen LogP contribution is -2.33. The third kappa shape index (κ3) is 3.45. The summed E-state index contributed by atoms with van der Waals surface area (Å²) in [5.41, 5.74) is 6.07. The maximum atomic E-state index is 13.5. The van der Waals surface area contributed by atoms with Crippen LogP contribution in [0.4, 0.5) is 10.1 Å². The van der Waals surface area contributed by atoms with Crippen molar-refractivity contribution < 1.29 is 12.8 Å². The van der Waals surface area contributed by atoms with E-state index in [2.05, 4.69) is 4.72 Å². The number of aryl methyl sites for hydroxylation is 1. The molecule has 0 aliphatic carbocycles. The van der Waals surface area contributed by atoms with Crippen LogP contribution in [0, 0.1) is 19.7 Å². The fourth-order valence-electron chi connectivity index (χ4n) is 2.16. The average molecular weight is 288 g/mol. The van der Waals surface area contributed by atoms with Gasteiger partial charge >= 0.3 is 0 Å². The second kappa shape index (κ2) is 5.88. The zero-order valence-corrected chi connectivity index (χ0v) is 12.6. The molecule has 1 aromatic rings. The molecule has 19 heavy (non-hydrogen) atoms. The zero-order chi connectivity index (χ0) is 14.8. The minimum absolute atomic E-state index is 0.0781. The Morgan fingerprint density at radius 2 is 2.00 bits per heavy atom. The first-order valence-electron chi connectivity index (χ1n) is 6.28. The summed E-state index contributed by atoms with van der Waals surface area (Å²) < 4.78 is 40.7. The molecule has 1 aromatic carbocycles. The molecule has 0 amide bonds. The summed E-state index contributed by atoms with van der Waals surface area (Å²) in [4.78, 5) is 0.0781. The first-order chi connectivity index (χ1) is 8.70. The molecule has 0 bridgehead atoms. The lowest BCUT2D eigenvalue weighted by Gasteiger charge is -2.17. The van der Waals surface area contributed by atoms with Gasteiger partial charge in [0.15, 0.2) is 0 Å². The topological polar surface area (TPSA) is 72.2 Å². The molecule has 1 unspecified atom stereocenters. The lowest BCUT2D eigenvalue weighted by atomic mass is 10.1. The molecule has 4 nitrogen and oxygen atoms in total. The van der Waals surface area contributed by atoms with Gasteiger partial charge in [-0.2, -0.15) is 0 Å². The van der Waals surface area contributed by atoms with Crippen molar-refractivity contribution in [3.8, 4) is 0 Å². The molecule has 0 fully saturated rings. The van der Waals surface area contributed by atoms with Crippen molar-refractivity contribution in [1.82, 2.24) is 4.72 Å². The summed E-state index contributed by atoms with van der Waals surface area (Å²) in [5.74, 6) is -0.587. The molecule has 108 valence electrons. The number of hydrogen-bond acceptors (Lipinski definition) is 3. The molecule has 1 atom stereocenters. The lowest BCUT2D eigenvalue weighted by molar-refractivity contribution is 0.542. The van der Waals surface area contributed by atoms with Crippen LogP contribution >= 0.6 is 0 Å². The summed E-state index contributed by atoms with van der Waals surface area (Å²) in [5, 5.41) is 0. The SMILES string of the molecule is CCCC(C)NS(=O)(=O)c1c(C)cc(F)c(N)c1C. The number of nitrogens with one attached hydrogen (secondary N) is 1. The fourth-order valence-corrected chi connectivity index (χ4v) is 3.92. The molecule has 1 rings (SSSR count). The van der Waals surface area contributed by atoms with Crippen LogP contribution in [0.2, 0.25) is 0 Å². The molecular formula is C13H21FN2O2S. The highest BCUT2D eigenvalue weighted by Gasteiger charge is 2.24. The van der Waals surface area contributed by atoms with Gasteiger partial charge < -0.3 is 5.73 Å². The number of rotatable bonds is 5. The molecule has 0 spiro atoms. The van der Waals surface area contributed by atoms with Gasteiger partial charge in [-0.05, 0) is 44.4 Å². The minimum atomic E-state index is -3.68. The van der Waals surface area contributed by atoms with Gasteiger partial charge in [-0.1, -0.05) is 13.3 Å². The van der Waals surface area contributed by atoms with Crippen LogP contribution in [0.25, 0.3) is 0 Å². The van der Waals surface area contributed by atoms with Crippen molar-refractivity contribution in [2.24, 2.45) is 0 Å². The van der Waals surface area contributed by atoms with Gasteiger partial charge in [-0.25, -0.2) is 17.5 Å². The highest BCUT2D eigenvalue weighted by molar-refractivity contribution is 7.89. The molecule has 0 saturated carbocycles. The van der Waals surface area contributed by atoms with Gasteiger partial charge in [0.1, 0.15) is 5.82 Å². The second-order valence-corrected chi connectivity index (χ2v) is 6.50. The Bertz CT molecular complexity index is 570. The smallest absolute Gasteiger partial charge is 0.241 e. The Hall–Kier alpha value is -1.14. The predicted molar refractivity (Wildman–Crippen MR) is 75.0 cm³/mol. The average Bonchev–Trinajstić information content (AvgIpc) is 2.24. The van der Waals surface area contributed by atoms with Crippen LogP contribution in [0.15, 0.2) is 11.0 Å². The number of nitrogen functional groups attached to an aromatic ring is 1. The van der Waals surface area contributed by atoms with E-state index in [-0.39, 0.29) is 22.2 Å². The number of sulfonamides is 1. The van der Waals surface area contributed by atoms with Gasteiger partial charge in [0.25, 0.3) is 0 Å². The van der Waals surface area contributed by atoms with E-state index in [0.717, 1.165) is 18.9 Å². The van der Waals surface area contributed by atoms with Crippen LogP contribution in [0.5, 0.6) is 0 Å². The van der Waals surface area contributed by atoms with E-state index >= 15 is 0 Å². The maximum absolute atomic E-state index is 13.5. The Labute approximate surface area is 114 Å². The largest absolute Gasteiger partial charge is 0.396 e. The number of hydrogen-bond donors (Lipinski definition) is 2. The predicted octanol–water partition coefficient (Wildman–Crippen LogP) is 2.49. The molecule has 0 aliphatic heterocycles. The quantitative estimate of drug-likeness (QED) is 0.818. The molecule has 0 heterocycles. The first kappa shape index (κ1) is 15.9. The fraction of sp³-hybridized carbons (Fsp3) is 0.538. The third-order valence-electron chi connectivity index (χ3n) is 3.05. The van der Waals surface area contributed by atoms with Crippen molar-refractivity contribution in [2.75, 3.05) is 5.73 Å². The molecule has 0 aromatic heterocycles. The number of nitrogens with two attached hydrogens (primary N) is 1. The van der Waals surface area contributed by atoms with Crippen molar-refractivity contribution in [2.45, 2.75) is 51.5 Å². The molecular weight excluding hydrogens is 267 g/mol. The molecule has 0 radical (unpaired) electrons. The van der Waals surface area contributed by atoms with Crippen molar-refractivity contribution in [3.05, 3.63) is 23.0 Å². The standard InChI is InChI=1S/C13H21FN2O2S/c1-5-6-9(3)16-19(17,18)13-8(2)7-11(14)12(15)10(13)4/h7,9,16H,5-6,15H2,1-4H3. The van der Waals surface area contributed by atoms with E-state index in [0.29, 0.717) is 5.56 Å². The molecule has 6 heteroatoms. The minimum Gasteiger partial charge on any atom is -0.396 e. The zero-order valence-electron chi connectivity index (χ0n) is 11.7. The van der Waals surface area contributed by atoms with Crippen LogP contribution in [-0.2, 0) is 10.0 Å². The Morgan fingerprint density at radius 1 is 1.42 bits per heavy atom. The van der Waals surface area contributed by atoms with E-state index in [1.807, 2.05) is 6.92 Å². The van der Waals surface area contributed by atoms with E-state index in [4.69, 9.17) is 5.73 Å². The maximum Gasteiger partial charge on any atom is 0.241 e. The number of halogens is 1. The summed E-state index contributed by atoms with van der Waals surface area (Å²) in [7, 11) is -3.68. The van der Waals surface area contributed by atoms with E-state index < -0.39 is 15.8 Å². The van der Waals surface area contributed by atoms with E-state index in [1.165, 1.54) is 6.92 Å². The van der Waals surface area contributed by atoms with Gasteiger partial charge in [0.05, 0.1) is 10.6 Å². The van der Waals surface area contributed by atoms with Crippen molar-refractivity contribution in [1.29, 1.82) is 0 Å². The summed E-state index contributed by atoms with van der Waals surface area (Å²) in [6.45, 7) is 6.87. The van der Waals surface area contributed by atoms with Crippen LogP contribution < -0.4 is 10.5 Å². The van der Waals surface area contributed by atoms with Crippen LogP contribution in [0.1, 0.15) is 37.8 Å². The third-order valence-corrected chi connectivity index (χ3v) is 4.93. The molecule has 0 aliphatic rings. The van der Waals surface area contributed by atoms with Gasteiger partial charge in [-0.15, -0.1) is 0 Å². The normalized spacial score (nSPS) is 13.5.